The molecule has 6 nitrogen and oxygen atoms in total. The van der Waals surface area contributed by atoms with Crippen molar-refractivity contribution in [3.8, 4) is 0 Å². The number of carboxylic acid groups (broad SMARTS) is 1. The monoisotopic (exact) mass is 292 g/mol. The van der Waals surface area contributed by atoms with E-state index < -0.39 is 17.9 Å². The van der Waals surface area contributed by atoms with Crippen molar-refractivity contribution in [1.82, 2.24) is 5.32 Å². The van der Waals surface area contributed by atoms with Gasteiger partial charge in [-0.1, -0.05) is 32.4 Å². The summed E-state index contributed by atoms with van der Waals surface area (Å²) in [6.07, 6.45) is 0.630. The van der Waals surface area contributed by atoms with Crippen LogP contribution in [0.5, 0.6) is 0 Å². The summed E-state index contributed by atoms with van der Waals surface area (Å²) in [7, 11) is 0. The lowest BCUT2D eigenvalue weighted by molar-refractivity contribution is -0.140. The Balaban J connectivity index is 2.97. The zero-order chi connectivity index (χ0) is 16.0. The number of hydrogen-bond donors (Lipinski definition) is 3. The zero-order valence-corrected chi connectivity index (χ0v) is 12.3. The molecule has 0 bridgehead atoms. The number of nitrogens with one attached hydrogen (secondary N) is 2. The van der Waals surface area contributed by atoms with E-state index in [1.807, 2.05) is 6.92 Å². The lowest BCUT2D eigenvalue weighted by Crippen LogP contribution is -2.45. The van der Waals surface area contributed by atoms with Gasteiger partial charge in [0, 0.05) is 6.92 Å². The number of carboxylic acids is 1. The normalized spacial score (nSPS) is 13.1. The lowest BCUT2D eigenvalue weighted by Gasteiger charge is -2.20. The third-order valence-electron chi connectivity index (χ3n) is 3.25. The fourth-order valence-corrected chi connectivity index (χ4v) is 1.88. The second-order valence-corrected chi connectivity index (χ2v) is 4.90. The molecule has 2 atom stereocenters. The minimum absolute atomic E-state index is 0.195. The number of hydrogen-bond acceptors (Lipinski definition) is 3. The molecule has 0 aliphatic carbocycles. The molecule has 0 fully saturated rings. The van der Waals surface area contributed by atoms with Crippen LogP contribution in [0.3, 0.4) is 0 Å². The van der Waals surface area contributed by atoms with E-state index in [2.05, 4.69) is 10.6 Å². The number of anilines is 1. The van der Waals surface area contributed by atoms with Crippen LogP contribution in [0.25, 0.3) is 0 Å². The van der Waals surface area contributed by atoms with Gasteiger partial charge in [-0.2, -0.15) is 0 Å². The van der Waals surface area contributed by atoms with Crippen LogP contribution < -0.4 is 10.6 Å². The van der Waals surface area contributed by atoms with Crippen molar-refractivity contribution in [2.24, 2.45) is 5.92 Å². The Hall–Kier alpha value is -2.37. The molecule has 1 aromatic rings. The molecule has 0 aliphatic heterocycles. The van der Waals surface area contributed by atoms with E-state index >= 15 is 0 Å². The Kier molecular flexibility index (Phi) is 5.90. The van der Waals surface area contributed by atoms with Crippen LogP contribution in [0.4, 0.5) is 5.69 Å². The van der Waals surface area contributed by atoms with Crippen LogP contribution in [-0.2, 0) is 9.59 Å². The van der Waals surface area contributed by atoms with E-state index in [4.69, 9.17) is 0 Å². The van der Waals surface area contributed by atoms with Gasteiger partial charge in [0.15, 0.2) is 0 Å². The maximum absolute atomic E-state index is 12.3. The van der Waals surface area contributed by atoms with E-state index in [9.17, 15) is 19.5 Å². The van der Waals surface area contributed by atoms with Gasteiger partial charge in [-0.05, 0) is 18.1 Å². The molecule has 0 aliphatic rings. The molecule has 21 heavy (non-hydrogen) atoms. The Labute approximate surface area is 123 Å². The van der Waals surface area contributed by atoms with Crippen LogP contribution in [0.15, 0.2) is 24.3 Å². The van der Waals surface area contributed by atoms with Crippen molar-refractivity contribution in [1.29, 1.82) is 0 Å². The van der Waals surface area contributed by atoms with Gasteiger partial charge in [-0.25, -0.2) is 4.79 Å². The second-order valence-electron chi connectivity index (χ2n) is 4.90. The molecule has 1 rings (SSSR count). The summed E-state index contributed by atoms with van der Waals surface area (Å²) in [5, 5.41) is 14.3. The molecule has 0 spiro atoms. The second kappa shape index (κ2) is 7.42. The first-order valence-corrected chi connectivity index (χ1v) is 6.77. The van der Waals surface area contributed by atoms with Crippen molar-refractivity contribution >= 4 is 23.5 Å². The maximum Gasteiger partial charge on any atom is 0.326 e. The fraction of sp³-hybridized carbons (Fsp3) is 0.400. The lowest BCUT2D eigenvalue weighted by atomic mass is 9.98. The summed E-state index contributed by atoms with van der Waals surface area (Å²) in [6.45, 7) is 4.96. The van der Waals surface area contributed by atoms with Gasteiger partial charge in [0.1, 0.15) is 6.04 Å². The summed E-state index contributed by atoms with van der Waals surface area (Å²) in [5.41, 5.74) is 0.595. The van der Waals surface area contributed by atoms with Gasteiger partial charge < -0.3 is 15.7 Å². The zero-order valence-electron chi connectivity index (χ0n) is 12.3. The number of aliphatic carboxylic acids is 1. The first-order valence-electron chi connectivity index (χ1n) is 6.77. The average Bonchev–Trinajstić information content (AvgIpc) is 2.43. The minimum atomic E-state index is -1.07. The molecule has 2 amide bonds. The average molecular weight is 292 g/mol. The SMILES string of the molecule is CC[C@@H](C)[C@@H](NC(=O)c1ccccc1NC(C)=O)C(=O)O. The largest absolute Gasteiger partial charge is 0.480 e. The molecule has 0 aromatic heterocycles. The number of amides is 2. The highest BCUT2D eigenvalue weighted by atomic mass is 16.4. The summed E-state index contributed by atoms with van der Waals surface area (Å²) in [6, 6.07) is 5.50. The van der Waals surface area contributed by atoms with E-state index in [-0.39, 0.29) is 17.4 Å². The molecule has 3 N–H and O–H groups in total. The van der Waals surface area contributed by atoms with Gasteiger partial charge in [0.2, 0.25) is 5.91 Å². The molecule has 6 heteroatoms. The highest BCUT2D eigenvalue weighted by Gasteiger charge is 2.26. The highest BCUT2D eigenvalue weighted by Crippen LogP contribution is 2.16. The molecule has 1 aromatic carbocycles. The highest BCUT2D eigenvalue weighted by molar-refractivity contribution is 6.04. The Morgan fingerprint density at radius 3 is 2.38 bits per heavy atom. The summed E-state index contributed by atoms with van der Waals surface area (Å²) in [5.74, 6) is -2.09. The van der Waals surface area contributed by atoms with Crippen LogP contribution in [0.1, 0.15) is 37.6 Å². The van der Waals surface area contributed by atoms with Crippen molar-refractivity contribution in [3.63, 3.8) is 0 Å². The standard InChI is InChI=1S/C15H20N2O4/c1-4-9(2)13(15(20)21)17-14(19)11-7-5-6-8-12(11)16-10(3)18/h5-9,13H,4H2,1-3H3,(H,16,18)(H,17,19)(H,20,21)/t9-,13-/m1/s1. The van der Waals surface area contributed by atoms with E-state index in [0.29, 0.717) is 12.1 Å². The topological polar surface area (TPSA) is 95.5 Å². The summed E-state index contributed by atoms with van der Waals surface area (Å²) >= 11 is 0. The fourth-order valence-electron chi connectivity index (χ4n) is 1.88. The molecule has 0 heterocycles. The number of rotatable bonds is 6. The maximum atomic E-state index is 12.3. The number of carbonyl (C=O) groups excluding carboxylic acids is 2. The van der Waals surface area contributed by atoms with Crippen LogP contribution in [-0.4, -0.2) is 28.9 Å². The van der Waals surface area contributed by atoms with E-state index in [1.165, 1.54) is 13.0 Å². The van der Waals surface area contributed by atoms with Crippen molar-refractivity contribution in [3.05, 3.63) is 29.8 Å². The van der Waals surface area contributed by atoms with Crippen LogP contribution >= 0.6 is 0 Å². The van der Waals surface area contributed by atoms with E-state index in [0.717, 1.165) is 0 Å². The first-order chi connectivity index (χ1) is 9.86. The first kappa shape index (κ1) is 16.7. The van der Waals surface area contributed by atoms with Crippen molar-refractivity contribution in [2.75, 3.05) is 5.32 Å². The summed E-state index contributed by atoms with van der Waals surface area (Å²) in [4.78, 5) is 34.6. The molecule has 0 unspecified atom stereocenters. The van der Waals surface area contributed by atoms with Gasteiger partial charge in [0.25, 0.3) is 5.91 Å². The summed E-state index contributed by atoms with van der Waals surface area (Å²) < 4.78 is 0. The Bertz CT molecular complexity index is 542. The van der Waals surface area contributed by atoms with Crippen LogP contribution in [0.2, 0.25) is 0 Å². The number of benzene rings is 1. The Morgan fingerprint density at radius 1 is 1.24 bits per heavy atom. The van der Waals surface area contributed by atoms with Gasteiger partial charge >= 0.3 is 5.97 Å². The van der Waals surface area contributed by atoms with Gasteiger partial charge in [-0.15, -0.1) is 0 Å². The van der Waals surface area contributed by atoms with Gasteiger partial charge in [-0.3, -0.25) is 9.59 Å². The number of carbonyl (C=O) groups is 3. The molecule has 0 saturated carbocycles. The Morgan fingerprint density at radius 2 is 1.86 bits per heavy atom. The minimum Gasteiger partial charge on any atom is -0.480 e. The molecular weight excluding hydrogens is 272 g/mol. The quantitative estimate of drug-likeness (QED) is 0.746. The van der Waals surface area contributed by atoms with Crippen molar-refractivity contribution in [2.45, 2.75) is 33.2 Å². The van der Waals surface area contributed by atoms with E-state index in [1.54, 1.807) is 25.1 Å². The molecule has 114 valence electrons. The third-order valence-corrected chi connectivity index (χ3v) is 3.25. The van der Waals surface area contributed by atoms with Crippen LogP contribution in [0, 0.1) is 5.92 Å². The molecular formula is C15H20N2O4. The van der Waals surface area contributed by atoms with Crippen molar-refractivity contribution < 1.29 is 19.5 Å². The van der Waals surface area contributed by atoms with Gasteiger partial charge in [0.05, 0.1) is 11.3 Å². The third kappa shape index (κ3) is 4.59. The molecule has 0 saturated heterocycles. The smallest absolute Gasteiger partial charge is 0.326 e. The predicted octanol–water partition coefficient (Wildman–Crippen LogP) is 1.87. The predicted molar refractivity (Wildman–Crippen MR) is 79.1 cm³/mol. The number of para-hydroxylation sites is 1. The molecule has 0 radical (unpaired) electrons.